The topological polar surface area (TPSA) is 55.1 Å². The van der Waals surface area contributed by atoms with E-state index in [2.05, 4.69) is 38.5 Å². The molecule has 0 fully saturated rings. The molecule has 0 bridgehead atoms. The monoisotopic (exact) mass is 320 g/mol. The number of nitrogens with one attached hydrogen (secondary N) is 1. The molecule has 3 rings (SSSR count). The Bertz CT molecular complexity index is 623. The number of fused-ring (bicyclic) bond motifs is 1. The van der Waals surface area contributed by atoms with Gasteiger partial charge in [-0.25, -0.2) is 0 Å². The number of halogens is 1. The van der Waals surface area contributed by atoms with Crippen LogP contribution in [0.5, 0.6) is 0 Å². The Kier molecular flexibility index (Phi) is 3.14. The minimum absolute atomic E-state index is 0.0157. The van der Waals surface area contributed by atoms with Gasteiger partial charge in [-0.1, -0.05) is 45.4 Å². The van der Waals surface area contributed by atoms with E-state index in [1.807, 2.05) is 12.1 Å². The molecule has 1 aliphatic rings. The molecule has 1 aromatic heterocycles. The normalized spacial score (nSPS) is 21.2. The van der Waals surface area contributed by atoms with Crippen LogP contribution >= 0.6 is 15.9 Å². The van der Waals surface area contributed by atoms with Crippen molar-refractivity contribution in [2.75, 3.05) is 0 Å². The lowest BCUT2D eigenvalue weighted by Crippen LogP contribution is -2.31. The molecule has 19 heavy (non-hydrogen) atoms. The summed E-state index contributed by atoms with van der Waals surface area (Å²) in [5.41, 5.74) is 2.94. The second kappa shape index (κ2) is 4.81. The summed E-state index contributed by atoms with van der Waals surface area (Å²) < 4.78 is 4.92. The molecule has 1 amide bonds. The van der Waals surface area contributed by atoms with Crippen molar-refractivity contribution in [2.24, 2.45) is 0 Å². The highest BCUT2D eigenvalue weighted by Crippen LogP contribution is 2.35. The number of aromatic nitrogens is 1. The maximum absolute atomic E-state index is 12.2. The van der Waals surface area contributed by atoms with Gasteiger partial charge in [0.15, 0.2) is 0 Å². The number of hydrogen-bond donors (Lipinski definition) is 1. The molecule has 0 aliphatic heterocycles. The molecule has 2 unspecified atom stereocenters. The van der Waals surface area contributed by atoms with Gasteiger partial charge in [0.25, 0.3) is 5.91 Å². The van der Waals surface area contributed by atoms with Gasteiger partial charge in [0.05, 0.1) is 12.2 Å². The largest absolute Gasteiger partial charge is 0.361 e. The summed E-state index contributed by atoms with van der Waals surface area (Å²) in [6, 6.07) is 8.15. The van der Waals surface area contributed by atoms with E-state index in [1.165, 1.54) is 17.3 Å². The molecule has 1 heterocycles. The van der Waals surface area contributed by atoms with E-state index in [4.69, 9.17) is 4.52 Å². The van der Waals surface area contributed by atoms with Gasteiger partial charge in [0.2, 0.25) is 0 Å². The van der Waals surface area contributed by atoms with Gasteiger partial charge < -0.3 is 9.84 Å². The van der Waals surface area contributed by atoms with Crippen LogP contribution in [-0.4, -0.2) is 15.9 Å². The summed E-state index contributed by atoms with van der Waals surface area (Å²) in [6.45, 7) is 1.73. The van der Waals surface area contributed by atoms with Gasteiger partial charge >= 0.3 is 0 Å². The average Bonchev–Trinajstić information content (AvgIpc) is 2.94. The van der Waals surface area contributed by atoms with Gasteiger partial charge in [0.1, 0.15) is 11.3 Å². The molecule has 1 aliphatic carbocycles. The molecule has 1 N–H and O–H groups in total. The van der Waals surface area contributed by atoms with Crippen molar-refractivity contribution >= 4 is 21.8 Å². The first-order valence-corrected chi connectivity index (χ1v) is 7.02. The number of nitrogens with zero attached hydrogens (tertiary/aromatic N) is 1. The van der Waals surface area contributed by atoms with Gasteiger partial charge in [-0.3, -0.25) is 4.79 Å². The van der Waals surface area contributed by atoms with Gasteiger partial charge in [-0.2, -0.15) is 0 Å². The van der Waals surface area contributed by atoms with Crippen LogP contribution in [0.4, 0.5) is 0 Å². The minimum Gasteiger partial charge on any atom is -0.361 e. The fourth-order valence-electron chi connectivity index (χ4n) is 2.45. The molecule has 0 radical (unpaired) electrons. The van der Waals surface area contributed by atoms with Crippen molar-refractivity contribution in [1.29, 1.82) is 0 Å². The van der Waals surface area contributed by atoms with E-state index >= 15 is 0 Å². The SMILES string of the molecule is Cc1oncc1C(=O)NC1c2ccccc2CC1Br. The standard InChI is InChI=1S/C14H13BrN2O2/c1-8-11(7-16-19-8)14(18)17-13-10-5-3-2-4-9(10)6-12(13)15/h2-5,7,12-13H,6H2,1H3,(H,17,18). The van der Waals surface area contributed by atoms with E-state index < -0.39 is 0 Å². The molecule has 1 aromatic carbocycles. The van der Waals surface area contributed by atoms with Crippen LogP contribution < -0.4 is 5.32 Å². The molecule has 2 aromatic rings. The Labute approximate surface area is 119 Å². The second-order valence-corrected chi connectivity index (χ2v) is 5.84. The molecule has 0 saturated heterocycles. The van der Waals surface area contributed by atoms with Crippen LogP contribution in [0.2, 0.25) is 0 Å². The molecular formula is C14H13BrN2O2. The number of alkyl halides is 1. The van der Waals surface area contributed by atoms with Crippen LogP contribution in [0.3, 0.4) is 0 Å². The van der Waals surface area contributed by atoms with Gasteiger partial charge in [-0.15, -0.1) is 0 Å². The first-order chi connectivity index (χ1) is 9.16. The highest BCUT2D eigenvalue weighted by Gasteiger charge is 2.32. The first kappa shape index (κ1) is 12.4. The molecule has 2 atom stereocenters. The van der Waals surface area contributed by atoms with Crippen LogP contribution in [0.15, 0.2) is 35.0 Å². The van der Waals surface area contributed by atoms with Crippen molar-refractivity contribution in [2.45, 2.75) is 24.2 Å². The Morgan fingerprint density at radius 1 is 1.47 bits per heavy atom. The maximum Gasteiger partial charge on any atom is 0.257 e. The Morgan fingerprint density at radius 2 is 2.26 bits per heavy atom. The van der Waals surface area contributed by atoms with Crippen molar-refractivity contribution in [3.8, 4) is 0 Å². The number of amides is 1. The number of rotatable bonds is 2. The number of carbonyl (C=O) groups is 1. The van der Waals surface area contributed by atoms with E-state index in [-0.39, 0.29) is 16.8 Å². The number of benzene rings is 1. The summed E-state index contributed by atoms with van der Waals surface area (Å²) in [5.74, 6) is 0.389. The smallest absolute Gasteiger partial charge is 0.257 e. The third-order valence-electron chi connectivity index (χ3n) is 3.45. The zero-order chi connectivity index (χ0) is 13.4. The predicted octanol–water partition coefficient (Wildman–Crippen LogP) is 2.77. The van der Waals surface area contributed by atoms with Gasteiger partial charge in [0, 0.05) is 4.83 Å². The average molecular weight is 321 g/mol. The Balaban J connectivity index is 1.84. The van der Waals surface area contributed by atoms with Crippen LogP contribution in [0.1, 0.15) is 33.3 Å². The van der Waals surface area contributed by atoms with Crippen LogP contribution in [0.25, 0.3) is 0 Å². The Hall–Kier alpha value is -1.62. The van der Waals surface area contributed by atoms with Gasteiger partial charge in [-0.05, 0) is 24.5 Å². The van der Waals surface area contributed by atoms with Crippen LogP contribution in [0, 0.1) is 6.92 Å². The first-order valence-electron chi connectivity index (χ1n) is 6.11. The fraction of sp³-hybridized carbons (Fsp3) is 0.286. The van der Waals surface area contributed by atoms with Crippen molar-refractivity contribution in [1.82, 2.24) is 10.5 Å². The van der Waals surface area contributed by atoms with Crippen molar-refractivity contribution in [3.63, 3.8) is 0 Å². The summed E-state index contributed by atoms with van der Waals surface area (Å²) in [6.07, 6.45) is 2.37. The van der Waals surface area contributed by atoms with E-state index in [9.17, 15) is 4.79 Å². The lowest BCUT2D eigenvalue weighted by atomic mass is 10.1. The molecule has 0 saturated carbocycles. The second-order valence-electron chi connectivity index (χ2n) is 4.67. The van der Waals surface area contributed by atoms with Crippen molar-refractivity contribution in [3.05, 3.63) is 52.9 Å². The summed E-state index contributed by atoms with van der Waals surface area (Å²) in [5, 5.41) is 6.68. The lowest BCUT2D eigenvalue weighted by Gasteiger charge is -2.17. The predicted molar refractivity (Wildman–Crippen MR) is 74.3 cm³/mol. The minimum atomic E-state index is -0.148. The number of aryl methyl sites for hydroxylation is 1. The zero-order valence-corrected chi connectivity index (χ0v) is 12.0. The maximum atomic E-state index is 12.2. The molecule has 4 nitrogen and oxygen atoms in total. The lowest BCUT2D eigenvalue weighted by molar-refractivity contribution is 0.0936. The highest BCUT2D eigenvalue weighted by atomic mass is 79.9. The summed E-state index contributed by atoms with van der Waals surface area (Å²) in [4.78, 5) is 12.4. The van der Waals surface area contributed by atoms with E-state index in [1.54, 1.807) is 6.92 Å². The zero-order valence-electron chi connectivity index (χ0n) is 10.4. The van der Waals surface area contributed by atoms with Crippen LogP contribution in [-0.2, 0) is 6.42 Å². The summed E-state index contributed by atoms with van der Waals surface area (Å²) in [7, 11) is 0. The molecular weight excluding hydrogens is 308 g/mol. The fourth-order valence-corrected chi connectivity index (χ4v) is 3.22. The molecule has 98 valence electrons. The number of carbonyl (C=O) groups excluding carboxylic acids is 1. The summed E-state index contributed by atoms with van der Waals surface area (Å²) >= 11 is 3.64. The third kappa shape index (κ3) is 2.18. The third-order valence-corrected chi connectivity index (χ3v) is 4.30. The number of hydrogen-bond acceptors (Lipinski definition) is 3. The van der Waals surface area contributed by atoms with Crippen molar-refractivity contribution < 1.29 is 9.32 Å². The quantitative estimate of drug-likeness (QED) is 0.866. The highest BCUT2D eigenvalue weighted by molar-refractivity contribution is 9.09. The molecule has 0 spiro atoms. The Morgan fingerprint density at radius 3 is 3.00 bits per heavy atom. The van der Waals surface area contributed by atoms with E-state index in [0.717, 1.165) is 6.42 Å². The molecule has 5 heteroatoms. The van der Waals surface area contributed by atoms with E-state index in [0.29, 0.717) is 11.3 Å².